The highest BCUT2D eigenvalue weighted by atomic mass is 127. The number of ether oxygens (including phenoxy) is 2. The van der Waals surface area contributed by atoms with Gasteiger partial charge in [-0.05, 0) is 18.2 Å². The number of fused-ring (bicyclic) bond motifs is 7. The highest BCUT2D eigenvalue weighted by Crippen LogP contribution is 2.55. The predicted octanol–water partition coefficient (Wildman–Crippen LogP) is 4.08. The average molecular weight is 562 g/mol. The number of nitrogen functional groups attached to an aromatic ring is 1. The minimum atomic E-state index is -0.824. The second kappa shape index (κ2) is 7.44. The standard InChI is InChI=1S/C23H17F2IN4O3/c24-13-7-16(29-26)15(27)6-10(13)9-30-17-8-14(25)11-3-5-32-21(11)19(17)18-12-2-1-4-28-22(12)33-23(31)20(18)30/h1-2,4,6-8,18,20,29H,3,5,9,27H2. The van der Waals surface area contributed by atoms with Crippen molar-refractivity contribution in [2.75, 3.05) is 20.8 Å². The summed E-state index contributed by atoms with van der Waals surface area (Å²) in [5, 5.41) is 0. The molecule has 3 aromatic rings. The molecule has 7 nitrogen and oxygen atoms in total. The Bertz CT molecular complexity index is 1340. The molecule has 3 N–H and O–H groups in total. The fraction of sp³-hybridized carbons (Fsp3) is 0.217. The number of hydrogen-bond donors (Lipinski definition) is 2. The number of benzene rings is 2. The molecule has 4 heterocycles. The van der Waals surface area contributed by atoms with Crippen molar-refractivity contribution in [2.24, 2.45) is 0 Å². The highest BCUT2D eigenvalue weighted by molar-refractivity contribution is 14.1. The lowest BCUT2D eigenvalue weighted by atomic mass is 9.85. The lowest BCUT2D eigenvalue weighted by molar-refractivity contribution is -0.137. The number of pyridine rings is 1. The molecule has 168 valence electrons. The molecule has 2 atom stereocenters. The molecular weight excluding hydrogens is 545 g/mol. The number of carbonyl (C=O) groups excluding carboxylic acids is 1. The summed E-state index contributed by atoms with van der Waals surface area (Å²) in [5.41, 5.74) is 9.53. The van der Waals surface area contributed by atoms with E-state index in [0.717, 1.165) is 0 Å². The number of nitrogens with one attached hydrogen (secondary N) is 1. The van der Waals surface area contributed by atoms with E-state index in [2.05, 4.69) is 8.51 Å². The second-order valence-corrected chi connectivity index (χ2v) is 8.73. The van der Waals surface area contributed by atoms with Crippen LogP contribution < -0.4 is 23.6 Å². The first-order valence-electron chi connectivity index (χ1n) is 10.3. The summed E-state index contributed by atoms with van der Waals surface area (Å²) in [6.07, 6.45) is 2.00. The molecule has 0 fully saturated rings. The molecule has 0 saturated heterocycles. The molecule has 2 unspecified atom stereocenters. The third-order valence-corrected chi connectivity index (χ3v) is 7.03. The number of carbonyl (C=O) groups is 1. The van der Waals surface area contributed by atoms with Gasteiger partial charge in [0, 0.05) is 53.2 Å². The Morgan fingerprint density at radius 1 is 1.27 bits per heavy atom. The van der Waals surface area contributed by atoms with Gasteiger partial charge >= 0.3 is 5.97 Å². The van der Waals surface area contributed by atoms with Gasteiger partial charge in [-0.25, -0.2) is 18.6 Å². The van der Waals surface area contributed by atoms with Crippen LogP contribution in [0.1, 0.15) is 28.2 Å². The number of rotatable bonds is 3. The summed E-state index contributed by atoms with van der Waals surface area (Å²) >= 11 is 1.88. The molecule has 10 heteroatoms. The molecule has 3 aliphatic heterocycles. The van der Waals surface area contributed by atoms with Gasteiger partial charge in [-0.3, -0.25) is 0 Å². The van der Waals surface area contributed by atoms with Crippen molar-refractivity contribution >= 4 is 45.9 Å². The number of nitrogens with zero attached hydrogens (tertiary/aromatic N) is 2. The molecule has 0 amide bonds. The normalized spacial score (nSPS) is 19.8. The maximum atomic E-state index is 15.0. The summed E-state index contributed by atoms with van der Waals surface area (Å²) in [7, 11) is 0. The summed E-state index contributed by atoms with van der Waals surface area (Å²) < 4.78 is 44.2. The van der Waals surface area contributed by atoms with Crippen LogP contribution in [0.5, 0.6) is 11.6 Å². The van der Waals surface area contributed by atoms with E-state index in [1.807, 2.05) is 28.9 Å². The van der Waals surface area contributed by atoms with E-state index in [1.165, 1.54) is 18.2 Å². The van der Waals surface area contributed by atoms with Crippen LogP contribution in [0.2, 0.25) is 0 Å². The summed E-state index contributed by atoms with van der Waals surface area (Å²) in [6.45, 7) is 0.356. The Labute approximate surface area is 201 Å². The number of esters is 1. The van der Waals surface area contributed by atoms with Crippen LogP contribution in [0.15, 0.2) is 36.5 Å². The highest BCUT2D eigenvalue weighted by Gasteiger charge is 2.52. The van der Waals surface area contributed by atoms with E-state index in [9.17, 15) is 9.18 Å². The SMILES string of the molecule is Nc1cc(CN2c3cc(F)c4c(c3C3c5cccnc5OC(=O)C32)OCC4)c(F)cc1NI. The summed E-state index contributed by atoms with van der Waals surface area (Å²) in [4.78, 5) is 19.1. The monoisotopic (exact) mass is 562 g/mol. The molecule has 3 aliphatic rings. The van der Waals surface area contributed by atoms with Crippen molar-refractivity contribution in [1.29, 1.82) is 0 Å². The smallest absolute Gasteiger partial charge is 0.336 e. The van der Waals surface area contributed by atoms with Crippen LogP contribution in [0, 0.1) is 11.6 Å². The van der Waals surface area contributed by atoms with Crippen molar-refractivity contribution in [3.05, 3.63) is 70.4 Å². The van der Waals surface area contributed by atoms with Gasteiger partial charge in [0.1, 0.15) is 23.4 Å². The number of anilines is 3. The van der Waals surface area contributed by atoms with Crippen molar-refractivity contribution in [3.63, 3.8) is 0 Å². The molecule has 0 spiro atoms. The van der Waals surface area contributed by atoms with Gasteiger partial charge in [-0.2, -0.15) is 0 Å². The third kappa shape index (κ3) is 2.96. The molecule has 1 aromatic heterocycles. The lowest BCUT2D eigenvalue weighted by Gasteiger charge is -2.32. The van der Waals surface area contributed by atoms with Gasteiger partial charge in [-0.1, -0.05) is 6.07 Å². The lowest BCUT2D eigenvalue weighted by Crippen LogP contribution is -2.45. The van der Waals surface area contributed by atoms with Crippen LogP contribution >= 0.6 is 22.9 Å². The van der Waals surface area contributed by atoms with Gasteiger partial charge < -0.3 is 23.6 Å². The van der Waals surface area contributed by atoms with E-state index in [-0.39, 0.29) is 18.0 Å². The van der Waals surface area contributed by atoms with E-state index in [1.54, 1.807) is 17.2 Å². The third-order valence-electron chi connectivity index (χ3n) is 6.45. The Hall–Kier alpha value is -3.15. The Balaban J connectivity index is 1.55. The van der Waals surface area contributed by atoms with E-state index in [0.29, 0.717) is 52.5 Å². The molecule has 0 bridgehead atoms. The fourth-order valence-corrected chi connectivity index (χ4v) is 5.50. The maximum absolute atomic E-state index is 15.0. The van der Waals surface area contributed by atoms with Gasteiger partial charge in [0.25, 0.3) is 0 Å². The Morgan fingerprint density at radius 3 is 2.94 bits per heavy atom. The number of hydrogen-bond acceptors (Lipinski definition) is 7. The zero-order valence-electron chi connectivity index (χ0n) is 17.1. The first-order chi connectivity index (χ1) is 16.0. The quantitative estimate of drug-likeness (QED) is 0.215. The molecule has 33 heavy (non-hydrogen) atoms. The molecular formula is C23H17F2IN4O3. The molecule has 0 saturated carbocycles. The van der Waals surface area contributed by atoms with Gasteiger partial charge in [0.05, 0.1) is 46.8 Å². The Morgan fingerprint density at radius 2 is 2.12 bits per heavy atom. The zero-order valence-corrected chi connectivity index (χ0v) is 19.2. The maximum Gasteiger partial charge on any atom is 0.336 e. The van der Waals surface area contributed by atoms with Crippen LogP contribution in [-0.4, -0.2) is 23.6 Å². The summed E-state index contributed by atoms with van der Waals surface area (Å²) in [6, 6.07) is 7.01. The van der Waals surface area contributed by atoms with Crippen molar-refractivity contribution < 1.29 is 23.0 Å². The zero-order chi connectivity index (χ0) is 22.9. The van der Waals surface area contributed by atoms with Crippen LogP contribution in [0.25, 0.3) is 0 Å². The van der Waals surface area contributed by atoms with Gasteiger partial charge in [-0.15, -0.1) is 0 Å². The minimum absolute atomic E-state index is 0.00531. The van der Waals surface area contributed by atoms with Crippen molar-refractivity contribution in [2.45, 2.75) is 24.9 Å². The summed E-state index contributed by atoms with van der Waals surface area (Å²) in [5.74, 6) is -1.23. The van der Waals surface area contributed by atoms with Crippen LogP contribution in [0.3, 0.4) is 0 Å². The number of halogens is 3. The van der Waals surface area contributed by atoms with E-state index >= 15 is 4.39 Å². The molecule has 2 aromatic carbocycles. The topological polar surface area (TPSA) is 89.7 Å². The molecule has 0 radical (unpaired) electrons. The van der Waals surface area contributed by atoms with E-state index < -0.39 is 29.6 Å². The van der Waals surface area contributed by atoms with Crippen molar-refractivity contribution in [1.82, 2.24) is 4.98 Å². The van der Waals surface area contributed by atoms with Gasteiger partial charge in [0.2, 0.25) is 5.88 Å². The molecule has 6 rings (SSSR count). The average Bonchev–Trinajstić information content (AvgIpc) is 3.40. The minimum Gasteiger partial charge on any atom is -0.492 e. The van der Waals surface area contributed by atoms with Crippen molar-refractivity contribution in [3.8, 4) is 11.6 Å². The largest absolute Gasteiger partial charge is 0.492 e. The fourth-order valence-electron chi connectivity index (χ4n) is 5.03. The predicted molar refractivity (Wildman–Crippen MR) is 126 cm³/mol. The molecule has 0 aliphatic carbocycles. The Kier molecular flexibility index (Phi) is 4.61. The number of nitrogens with two attached hydrogens (primary N) is 1. The van der Waals surface area contributed by atoms with E-state index in [4.69, 9.17) is 15.2 Å². The van der Waals surface area contributed by atoms with Crippen LogP contribution in [-0.2, 0) is 17.8 Å². The number of aromatic nitrogens is 1. The second-order valence-electron chi connectivity index (χ2n) is 8.19. The first kappa shape index (κ1) is 20.5. The van der Waals surface area contributed by atoms with Gasteiger partial charge in [0.15, 0.2) is 0 Å². The van der Waals surface area contributed by atoms with Crippen LogP contribution in [0.4, 0.5) is 25.8 Å². The first-order valence-corrected chi connectivity index (χ1v) is 11.4.